The summed E-state index contributed by atoms with van der Waals surface area (Å²) in [6.07, 6.45) is 13.9. The second-order valence-electron chi connectivity index (χ2n) is 19.0. The number of hydrogen-bond donors (Lipinski definition) is 6. The third kappa shape index (κ3) is 10.5. The number of carbonyl (C=O) groups excluding carboxylic acids is 3. The first-order valence-corrected chi connectivity index (χ1v) is 22.6. The van der Waals surface area contributed by atoms with Gasteiger partial charge in [0.1, 0.15) is 6.04 Å². The zero-order valence-corrected chi connectivity index (χ0v) is 36.3. The van der Waals surface area contributed by atoms with E-state index in [-0.39, 0.29) is 42.0 Å². The SMILES string of the molecule is C=NNC(CCCCNC(=O)CCC(C)C1CCC2C3CC[C@H]4C[C@@H](O)CC[C@@]4(C)C3CC[C@@]12C)C(=O)N(CCNC(=O)c1cc(B(O)O)cc([N+](=O)[O-])c1)c1ccccc1. The number of hydrogen-bond acceptors (Lipinski definition) is 10. The number of unbranched alkanes of at least 4 members (excludes halogenated alkanes) is 1. The standard InChI is InChI=1S/C46H67BN6O8/c1-30(38-16-17-39-37-15-14-32-28-36(54)19-21-45(32,2)40(37)20-22-46(38,39)3)13-18-42(55)49-23-9-8-12-41(51-48-4)44(57)52(34-10-6-5-7-11-34)25-24-50-43(56)31-26-33(47(58)59)29-35(27-31)53(60)61/h5-7,10-11,26-27,29-30,32,36-41,51,54,58-59H,4,8-9,12-25,28H2,1-3H3,(H,49,55)(H,50,56)/t30?,32-,36-,37?,38?,39?,40?,41?,45+,46-/m0/s1. The van der Waals surface area contributed by atoms with Crippen LogP contribution < -0.4 is 26.4 Å². The van der Waals surface area contributed by atoms with Crippen LogP contribution in [0, 0.1) is 56.5 Å². The van der Waals surface area contributed by atoms with E-state index in [0.29, 0.717) is 66.5 Å². The molecule has 2 aromatic carbocycles. The number of nitro benzene ring substituents is 1. The summed E-state index contributed by atoms with van der Waals surface area (Å²) in [4.78, 5) is 52.2. The number of non-ortho nitro benzene ring substituents is 1. The van der Waals surface area contributed by atoms with Gasteiger partial charge in [-0.15, -0.1) is 0 Å². The number of aliphatic hydroxyl groups excluding tert-OH is 1. The van der Waals surface area contributed by atoms with Crippen molar-refractivity contribution in [2.45, 2.75) is 123 Å². The monoisotopic (exact) mass is 843 g/mol. The fraction of sp³-hybridized carbons (Fsp3) is 0.652. The molecule has 2 aromatic rings. The zero-order chi connectivity index (χ0) is 43.9. The quantitative estimate of drug-likeness (QED) is 0.0355. The van der Waals surface area contributed by atoms with Crippen LogP contribution in [-0.4, -0.2) is 83.4 Å². The van der Waals surface area contributed by atoms with Gasteiger partial charge in [0.2, 0.25) is 5.91 Å². The first-order chi connectivity index (χ1) is 29.2. The molecule has 3 amide bonds. The molecule has 6 unspecified atom stereocenters. The van der Waals surface area contributed by atoms with Gasteiger partial charge < -0.3 is 30.7 Å². The van der Waals surface area contributed by atoms with Crippen molar-refractivity contribution >= 4 is 48.4 Å². The number of fused-ring (bicyclic) bond motifs is 5. The Hall–Kier alpha value is -4.34. The van der Waals surface area contributed by atoms with Crippen molar-refractivity contribution in [2.75, 3.05) is 24.5 Å². The van der Waals surface area contributed by atoms with E-state index in [1.54, 1.807) is 24.3 Å². The van der Waals surface area contributed by atoms with E-state index >= 15 is 0 Å². The highest BCUT2D eigenvalue weighted by Crippen LogP contribution is 2.68. The number of carbonyl (C=O) groups is 3. The number of benzene rings is 2. The molecule has 0 saturated heterocycles. The minimum Gasteiger partial charge on any atom is -0.423 e. The molecule has 4 saturated carbocycles. The lowest BCUT2D eigenvalue weighted by Gasteiger charge is -2.61. The lowest BCUT2D eigenvalue weighted by atomic mass is 9.44. The van der Waals surface area contributed by atoms with Crippen molar-refractivity contribution in [3.63, 3.8) is 0 Å². The molecule has 4 aliphatic rings. The van der Waals surface area contributed by atoms with Gasteiger partial charge in [-0.3, -0.25) is 29.9 Å². The van der Waals surface area contributed by atoms with Crippen LogP contribution in [0.4, 0.5) is 11.4 Å². The summed E-state index contributed by atoms with van der Waals surface area (Å²) < 4.78 is 0. The van der Waals surface area contributed by atoms with E-state index in [4.69, 9.17) is 0 Å². The minimum absolute atomic E-state index is 0.00801. The van der Waals surface area contributed by atoms with Crippen LogP contribution >= 0.6 is 0 Å². The van der Waals surface area contributed by atoms with Crippen LogP contribution in [0.1, 0.15) is 121 Å². The molecule has 6 rings (SSSR count). The molecule has 4 fully saturated rings. The molecule has 14 nitrogen and oxygen atoms in total. The summed E-state index contributed by atoms with van der Waals surface area (Å²) >= 11 is 0. The Morgan fingerprint density at radius 3 is 2.41 bits per heavy atom. The third-order valence-electron chi connectivity index (χ3n) is 15.7. The lowest BCUT2D eigenvalue weighted by molar-refractivity contribution is -0.384. The van der Waals surface area contributed by atoms with Gasteiger partial charge in [-0.05, 0) is 153 Å². The molecule has 0 spiro atoms. The summed E-state index contributed by atoms with van der Waals surface area (Å²) in [7, 11) is -2.00. The fourth-order valence-corrected chi connectivity index (χ4v) is 12.5. The molecular formula is C46H67BN6O8. The van der Waals surface area contributed by atoms with Gasteiger partial charge in [0.25, 0.3) is 17.5 Å². The number of anilines is 1. The summed E-state index contributed by atoms with van der Waals surface area (Å²) in [5.74, 6) is 3.23. The number of nitrogens with zero attached hydrogens (tertiary/aromatic N) is 3. The van der Waals surface area contributed by atoms with Gasteiger partial charge in [-0.2, -0.15) is 5.10 Å². The fourth-order valence-electron chi connectivity index (χ4n) is 12.5. The molecular weight excluding hydrogens is 775 g/mol. The van der Waals surface area contributed by atoms with E-state index in [1.165, 1.54) is 49.8 Å². The molecule has 332 valence electrons. The molecule has 0 bridgehead atoms. The highest BCUT2D eigenvalue weighted by molar-refractivity contribution is 6.58. The van der Waals surface area contributed by atoms with Crippen molar-refractivity contribution in [1.82, 2.24) is 16.1 Å². The van der Waals surface area contributed by atoms with E-state index in [0.717, 1.165) is 55.2 Å². The van der Waals surface area contributed by atoms with Gasteiger partial charge in [0.05, 0.1) is 11.0 Å². The number of hydrazone groups is 1. The molecule has 15 heteroatoms. The molecule has 0 heterocycles. The first kappa shape index (κ1) is 46.2. The Morgan fingerprint density at radius 2 is 1.69 bits per heavy atom. The second kappa shape index (κ2) is 20.2. The van der Waals surface area contributed by atoms with E-state index in [2.05, 4.69) is 48.6 Å². The Balaban J connectivity index is 0.951. The number of aliphatic hydroxyl groups is 1. The van der Waals surface area contributed by atoms with E-state index in [1.807, 2.05) is 6.07 Å². The number of rotatable bonds is 19. The Kier molecular flexibility index (Phi) is 15.3. The lowest BCUT2D eigenvalue weighted by Crippen LogP contribution is -2.54. The maximum atomic E-state index is 14.0. The van der Waals surface area contributed by atoms with Crippen LogP contribution in [-0.2, 0) is 9.59 Å². The maximum absolute atomic E-state index is 14.0. The Bertz CT molecular complexity index is 1870. The van der Waals surface area contributed by atoms with Crippen molar-refractivity contribution in [2.24, 2.45) is 51.4 Å². The van der Waals surface area contributed by atoms with Gasteiger partial charge in [-0.1, -0.05) is 39.0 Å². The summed E-state index contributed by atoms with van der Waals surface area (Å²) in [5, 5.41) is 50.5. The van der Waals surface area contributed by atoms with Crippen molar-refractivity contribution in [3.8, 4) is 0 Å². The van der Waals surface area contributed by atoms with Gasteiger partial charge in [0.15, 0.2) is 0 Å². The minimum atomic E-state index is -2.00. The molecule has 4 aliphatic carbocycles. The predicted octanol–water partition coefficient (Wildman–Crippen LogP) is 5.33. The average molecular weight is 843 g/mol. The van der Waals surface area contributed by atoms with Crippen LogP contribution in [0.2, 0.25) is 0 Å². The summed E-state index contributed by atoms with van der Waals surface area (Å²) in [6.45, 7) is 11.6. The van der Waals surface area contributed by atoms with Crippen LogP contribution in [0.3, 0.4) is 0 Å². The van der Waals surface area contributed by atoms with Crippen LogP contribution in [0.15, 0.2) is 53.6 Å². The average Bonchev–Trinajstić information content (AvgIpc) is 3.61. The Labute approximate surface area is 361 Å². The van der Waals surface area contributed by atoms with Crippen molar-refractivity contribution < 1.29 is 34.5 Å². The third-order valence-corrected chi connectivity index (χ3v) is 15.7. The van der Waals surface area contributed by atoms with Gasteiger partial charge >= 0.3 is 7.12 Å². The van der Waals surface area contributed by atoms with Crippen molar-refractivity contribution in [1.29, 1.82) is 0 Å². The predicted molar refractivity (Wildman–Crippen MR) is 237 cm³/mol. The smallest absolute Gasteiger partial charge is 0.423 e. The second-order valence-corrected chi connectivity index (χ2v) is 19.0. The highest BCUT2D eigenvalue weighted by atomic mass is 16.6. The summed E-state index contributed by atoms with van der Waals surface area (Å²) in [5.41, 5.74) is 3.36. The Morgan fingerprint density at radius 1 is 0.951 bits per heavy atom. The molecule has 0 radical (unpaired) electrons. The van der Waals surface area contributed by atoms with E-state index < -0.39 is 29.7 Å². The normalized spacial score (nSPS) is 28.8. The molecule has 0 aromatic heterocycles. The first-order valence-electron chi connectivity index (χ1n) is 22.6. The van der Waals surface area contributed by atoms with Gasteiger partial charge in [-0.25, -0.2) is 0 Å². The maximum Gasteiger partial charge on any atom is 0.488 e. The zero-order valence-electron chi connectivity index (χ0n) is 36.3. The number of nitrogens with one attached hydrogen (secondary N) is 3. The van der Waals surface area contributed by atoms with Crippen LogP contribution in [0.25, 0.3) is 0 Å². The van der Waals surface area contributed by atoms with Crippen LogP contribution in [0.5, 0.6) is 0 Å². The molecule has 61 heavy (non-hydrogen) atoms. The van der Waals surface area contributed by atoms with Gasteiger partial charge in [0, 0.05) is 56.2 Å². The van der Waals surface area contributed by atoms with Crippen molar-refractivity contribution in [3.05, 3.63) is 64.2 Å². The number of para-hydroxylation sites is 1. The topological polar surface area (TPSA) is 207 Å². The molecule has 10 atom stereocenters. The molecule has 0 aliphatic heterocycles. The number of nitro groups is 1. The highest BCUT2D eigenvalue weighted by Gasteiger charge is 2.60. The molecule has 6 N–H and O–H groups in total. The number of amides is 3. The largest absolute Gasteiger partial charge is 0.488 e. The van der Waals surface area contributed by atoms with E-state index in [9.17, 15) is 39.7 Å². The summed E-state index contributed by atoms with van der Waals surface area (Å²) in [6, 6.07) is 11.4.